The zero-order chi connectivity index (χ0) is 15.4. The van der Waals surface area contributed by atoms with Crippen molar-refractivity contribution in [1.82, 2.24) is 5.32 Å². The summed E-state index contributed by atoms with van der Waals surface area (Å²) in [6, 6.07) is 16.6. The summed E-state index contributed by atoms with van der Waals surface area (Å²) >= 11 is 1.31. The lowest BCUT2D eigenvalue weighted by molar-refractivity contribution is -0.115. The first-order valence-electron chi connectivity index (χ1n) is 6.79. The fourth-order valence-electron chi connectivity index (χ4n) is 2.01. The number of nitrogens with one attached hydrogen (secondary N) is 1. The van der Waals surface area contributed by atoms with Gasteiger partial charge in [0.1, 0.15) is 5.75 Å². The van der Waals surface area contributed by atoms with E-state index in [1.807, 2.05) is 36.4 Å². The summed E-state index contributed by atoms with van der Waals surface area (Å²) in [5.74, 6) is 0.0101. The Morgan fingerprint density at radius 3 is 2.73 bits per heavy atom. The molecule has 1 saturated heterocycles. The van der Waals surface area contributed by atoms with E-state index in [2.05, 4.69) is 10.3 Å². The van der Waals surface area contributed by atoms with Gasteiger partial charge in [-0.1, -0.05) is 42.5 Å². The second-order valence-electron chi connectivity index (χ2n) is 4.77. The second-order valence-corrected chi connectivity index (χ2v) is 5.80. The highest BCUT2D eigenvalue weighted by molar-refractivity contribution is 8.18. The van der Waals surface area contributed by atoms with E-state index in [1.54, 1.807) is 24.3 Å². The van der Waals surface area contributed by atoms with Crippen molar-refractivity contribution in [3.05, 3.63) is 70.6 Å². The maximum Gasteiger partial charge on any atom is 0.264 e. The van der Waals surface area contributed by atoms with Crippen LogP contribution in [0.25, 0.3) is 6.08 Å². The number of hydrogen-bond acceptors (Lipinski definition) is 4. The normalized spacial score (nSPS) is 17.9. The van der Waals surface area contributed by atoms with Crippen LogP contribution in [0.3, 0.4) is 0 Å². The highest BCUT2D eigenvalue weighted by Gasteiger charge is 2.23. The van der Waals surface area contributed by atoms with Gasteiger partial charge in [-0.05, 0) is 41.1 Å². The minimum atomic E-state index is -0.167. The van der Waals surface area contributed by atoms with Crippen LogP contribution in [0.4, 0.5) is 0 Å². The zero-order valence-electron chi connectivity index (χ0n) is 11.7. The quantitative estimate of drug-likeness (QED) is 0.856. The van der Waals surface area contributed by atoms with Gasteiger partial charge in [0.2, 0.25) is 0 Å². The Morgan fingerprint density at radius 1 is 1.14 bits per heavy atom. The summed E-state index contributed by atoms with van der Waals surface area (Å²) in [5.41, 5.74) is 1.87. The topological polar surface area (TPSA) is 61.7 Å². The lowest BCUT2D eigenvalue weighted by Gasteiger charge is -1.97. The summed E-state index contributed by atoms with van der Waals surface area (Å²) < 4.78 is 0. The molecule has 0 spiro atoms. The van der Waals surface area contributed by atoms with E-state index in [9.17, 15) is 9.90 Å². The third-order valence-electron chi connectivity index (χ3n) is 3.07. The smallest absolute Gasteiger partial charge is 0.264 e. The number of rotatable bonds is 3. The van der Waals surface area contributed by atoms with E-state index in [0.717, 1.165) is 11.1 Å². The number of carbonyl (C=O) groups excluding carboxylic acids is 1. The average Bonchev–Trinajstić information content (AvgIpc) is 2.86. The number of amides is 1. The van der Waals surface area contributed by atoms with Crippen molar-refractivity contribution in [2.75, 3.05) is 0 Å². The molecular formula is C17H14N2O2S. The first kappa shape index (κ1) is 14.4. The van der Waals surface area contributed by atoms with Gasteiger partial charge in [-0.15, -0.1) is 0 Å². The SMILES string of the molecule is O=C1NC(=NCc2ccccc2)S/C1=C\c1cccc(O)c1. The van der Waals surface area contributed by atoms with E-state index in [1.165, 1.54) is 11.8 Å². The van der Waals surface area contributed by atoms with E-state index in [4.69, 9.17) is 0 Å². The molecule has 1 heterocycles. The molecule has 0 radical (unpaired) electrons. The minimum Gasteiger partial charge on any atom is -0.508 e. The number of phenolic OH excluding ortho intramolecular Hbond substituents is 1. The van der Waals surface area contributed by atoms with Gasteiger partial charge in [0.15, 0.2) is 5.17 Å². The Kier molecular flexibility index (Phi) is 4.25. The molecule has 2 aromatic carbocycles. The highest BCUT2D eigenvalue weighted by Crippen LogP contribution is 2.27. The number of carbonyl (C=O) groups is 1. The van der Waals surface area contributed by atoms with E-state index in [0.29, 0.717) is 16.6 Å². The van der Waals surface area contributed by atoms with Gasteiger partial charge in [-0.25, -0.2) is 0 Å². The van der Waals surface area contributed by atoms with Gasteiger partial charge in [-0.2, -0.15) is 0 Å². The molecule has 1 aliphatic rings. The molecule has 5 heteroatoms. The molecule has 0 bridgehead atoms. The van der Waals surface area contributed by atoms with Crippen LogP contribution >= 0.6 is 11.8 Å². The fourth-order valence-corrected chi connectivity index (χ4v) is 2.83. The van der Waals surface area contributed by atoms with Crippen LogP contribution in [0.2, 0.25) is 0 Å². The molecule has 3 rings (SSSR count). The predicted octanol–water partition coefficient (Wildman–Crippen LogP) is 3.15. The number of nitrogens with zero attached hydrogens (tertiary/aromatic N) is 1. The van der Waals surface area contributed by atoms with Crippen LogP contribution in [0.15, 0.2) is 64.5 Å². The maximum absolute atomic E-state index is 11.9. The molecule has 1 amide bonds. The summed E-state index contributed by atoms with van der Waals surface area (Å²) in [4.78, 5) is 16.9. The number of hydrogen-bond donors (Lipinski definition) is 2. The molecule has 0 atom stereocenters. The molecule has 1 aliphatic heterocycles. The van der Waals surface area contributed by atoms with E-state index >= 15 is 0 Å². The standard InChI is InChI=1S/C17H14N2O2S/c20-14-8-4-7-13(9-14)10-15-16(21)19-17(22-15)18-11-12-5-2-1-3-6-12/h1-10,20H,11H2,(H,18,19,21)/b15-10-. The van der Waals surface area contributed by atoms with Crippen LogP contribution in [0, 0.1) is 0 Å². The summed E-state index contributed by atoms with van der Waals surface area (Å²) in [6.45, 7) is 0.531. The summed E-state index contributed by atoms with van der Waals surface area (Å²) in [5, 5.41) is 12.8. The van der Waals surface area contributed by atoms with Gasteiger partial charge in [0.25, 0.3) is 5.91 Å². The molecule has 110 valence electrons. The van der Waals surface area contributed by atoms with Crippen molar-refractivity contribution in [1.29, 1.82) is 0 Å². The molecule has 0 saturated carbocycles. The zero-order valence-corrected chi connectivity index (χ0v) is 12.5. The average molecular weight is 310 g/mol. The predicted molar refractivity (Wildman–Crippen MR) is 89.4 cm³/mol. The molecule has 22 heavy (non-hydrogen) atoms. The van der Waals surface area contributed by atoms with Crippen molar-refractivity contribution in [2.45, 2.75) is 6.54 Å². The number of thioether (sulfide) groups is 1. The summed E-state index contributed by atoms with van der Waals surface area (Å²) in [6.07, 6.45) is 1.74. The third kappa shape index (κ3) is 3.56. The number of aromatic hydroxyl groups is 1. The molecule has 2 N–H and O–H groups in total. The van der Waals surface area contributed by atoms with Crippen LogP contribution in [-0.4, -0.2) is 16.2 Å². The third-order valence-corrected chi connectivity index (χ3v) is 4.01. The lowest BCUT2D eigenvalue weighted by atomic mass is 10.2. The molecule has 2 aromatic rings. The van der Waals surface area contributed by atoms with Crippen LogP contribution < -0.4 is 5.32 Å². The molecule has 1 fully saturated rings. The minimum absolute atomic E-state index is 0.167. The first-order valence-corrected chi connectivity index (χ1v) is 7.61. The van der Waals surface area contributed by atoms with Crippen molar-refractivity contribution in [2.24, 2.45) is 4.99 Å². The first-order chi connectivity index (χ1) is 10.7. The number of phenols is 1. The Bertz CT molecular complexity index is 754. The monoisotopic (exact) mass is 310 g/mol. The largest absolute Gasteiger partial charge is 0.508 e. The van der Waals surface area contributed by atoms with Crippen LogP contribution in [0.5, 0.6) is 5.75 Å². The Morgan fingerprint density at radius 2 is 1.95 bits per heavy atom. The van der Waals surface area contributed by atoms with Crippen molar-refractivity contribution in [3.8, 4) is 5.75 Å². The second kappa shape index (κ2) is 6.49. The van der Waals surface area contributed by atoms with E-state index in [-0.39, 0.29) is 11.7 Å². The number of amidine groups is 1. The fraction of sp³-hybridized carbons (Fsp3) is 0.0588. The Hall–Kier alpha value is -2.53. The van der Waals surface area contributed by atoms with Crippen LogP contribution in [-0.2, 0) is 11.3 Å². The molecule has 4 nitrogen and oxygen atoms in total. The van der Waals surface area contributed by atoms with Gasteiger partial charge >= 0.3 is 0 Å². The highest BCUT2D eigenvalue weighted by atomic mass is 32.2. The summed E-state index contributed by atoms with van der Waals surface area (Å²) in [7, 11) is 0. The maximum atomic E-state index is 11.9. The van der Waals surface area contributed by atoms with Crippen molar-refractivity contribution in [3.63, 3.8) is 0 Å². The van der Waals surface area contributed by atoms with Crippen molar-refractivity contribution >= 4 is 28.9 Å². The number of aliphatic imine (C=N–C) groups is 1. The lowest BCUT2D eigenvalue weighted by Crippen LogP contribution is -2.19. The Labute approximate surface area is 132 Å². The molecule has 0 aliphatic carbocycles. The molecule has 0 unspecified atom stereocenters. The molecular weight excluding hydrogens is 296 g/mol. The number of benzene rings is 2. The van der Waals surface area contributed by atoms with Crippen molar-refractivity contribution < 1.29 is 9.90 Å². The Balaban J connectivity index is 1.73. The molecule has 0 aromatic heterocycles. The van der Waals surface area contributed by atoms with Gasteiger partial charge < -0.3 is 10.4 Å². The van der Waals surface area contributed by atoms with Gasteiger partial charge in [-0.3, -0.25) is 9.79 Å². The van der Waals surface area contributed by atoms with Gasteiger partial charge in [0.05, 0.1) is 11.4 Å². The van der Waals surface area contributed by atoms with Crippen LogP contribution in [0.1, 0.15) is 11.1 Å². The van der Waals surface area contributed by atoms with E-state index < -0.39 is 0 Å². The van der Waals surface area contributed by atoms with Gasteiger partial charge in [0, 0.05) is 0 Å².